The number of thiazole rings is 1. The van der Waals surface area contributed by atoms with Gasteiger partial charge in [0, 0.05) is 11.8 Å². The van der Waals surface area contributed by atoms with Crippen molar-refractivity contribution in [3.8, 4) is 10.6 Å². The van der Waals surface area contributed by atoms with Gasteiger partial charge in [0.1, 0.15) is 16.6 Å². The highest BCUT2D eigenvalue weighted by atomic mass is 32.1. The minimum absolute atomic E-state index is 0.0338. The molecule has 0 aliphatic heterocycles. The highest BCUT2D eigenvalue weighted by molar-refractivity contribution is 7.21. The van der Waals surface area contributed by atoms with Gasteiger partial charge in [0.25, 0.3) is 0 Å². The fourth-order valence-corrected chi connectivity index (χ4v) is 3.55. The van der Waals surface area contributed by atoms with E-state index < -0.39 is 0 Å². The monoisotopic (exact) mass is 363 g/mol. The number of hydrogen-bond donors (Lipinski definition) is 1. The van der Waals surface area contributed by atoms with Gasteiger partial charge in [-0.1, -0.05) is 30.3 Å². The molecule has 0 aliphatic carbocycles. The Kier molecular flexibility index (Phi) is 4.41. The molecule has 0 atom stereocenters. The van der Waals surface area contributed by atoms with Gasteiger partial charge in [-0.15, -0.1) is 11.3 Å². The molecular formula is C20H14FN3OS. The van der Waals surface area contributed by atoms with Gasteiger partial charge in [-0.25, -0.2) is 14.4 Å². The van der Waals surface area contributed by atoms with Gasteiger partial charge in [-0.2, -0.15) is 0 Å². The summed E-state index contributed by atoms with van der Waals surface area (Å²) >= 11 is 1.59. The fraction of sp³-hybridized carbons (Fsp3) is 0.0500. The highest BCUT2D eigenvalue weighted by Crippen LogP contribution is 2.29. The smallest absolute Gasteiger partial charge is 0.230 e. The van der Waals surface area contributed by atoms with Gasteiger partial charge in [-0.05, 0) is 35.9 Å². The van der Waals surface area contributed by atoms with Crippen molar-refractivity contribution < 1.29 is 9.18 Å². The third-order valence-corrected chi connectivity index (χ3v) is 4.97. The molecule has 2 aromatic heterocycles. The molecule has 128 valence electrons. The number of nitrogens with zero attached hydrogens (tertiary/aromatic N) is 2. The normalized spacial score (nSPS) is 10.8. The number of aromatic nitrogens is 2. The average molecular weight is 363 g/mol. The molecule has 4 aromatic rings. The standard InChI is InChI=1S/C20H14FN3OS/c21-15-6-2-1-5-13(15)11-19(25)24-18-10-9-14(12-22-18)20-23-16-7-3-4-8-17(16)26-20/h1-10,12H,11H2,(H,22,24,25). The molecule has 0 spiro atoms. The molecule has 4 nitrogen and oxygen atoms in total. The van der Waals surface area contributed by atoms with Crippen LogP contribution in [0.3, 0.4) is 0 Å². The van der Waals surface area contributed by atoms with Crippen LogP contribution in [0.5, 0.6) is 0 Å². The van der Waals surface area contributed by atoms with Crippen molar-refractivity contribution in [1.82, 2.24) is 9.97 Å². The van der Waals surface area contributed by atoms with Crippen LogP contribution in [0.25, 0.3) is 20.8 Å². The zero-order valence-electron chi connectivity index (χ0n) is 13.6. The Morgan fingerprint density at radius 3 is 2.62 bits per heavy atom. The van der Waals surface area contributed by atoms with Crippen molar-refractivity contribution in [3.63, 3.8) is 0 Å². The molecule has 0 radical (unpaired) electrons. The first-order chi connectivity index (χ1) is 12.7. The molecular weight excluding hydrogens is 349 g/mol. The summed E-state index contributed by atoms with van der Waals surface area (Å²) in [5.74, 6) is -0.270. The van der Waals surface area contributed by atoms with E-state index in [1.54, 1.807) is 41.8 Å². The first-order valence-corrected chi connectivity index (χ1v) is 8.86. The van der Waals surface area contributed by atoms with Crippen LogP contribution in [0, 0.1) is 5.82 Å². The summed E-state index contributed by atoms with van der Waals surface area (Å²) in [6.45, 7) is 0. The number of benzene rings is 2. The number of pyridine rings is 1. The van der Waals surface area contributed by atoms with E-state index in [2.05, 4.69) is 15.3 Å². The zero-order chi connectivity index (χ0) is 17.9. The van der Waals surface area contributed by atoms with E-state index in [-0.39, 0.29) is 18.1 Å². The number of para-hydroxylation sites is 1. The molecule has 0 unspecified atom stereocenters. The number of carbonyl (C=O) groups is 1. The van der Waals surface area contributed by atoms with Crippen LogP contribution < -0.4 is 5.32 Å². The second-order valence-corrected chi connectivity index (χ2v) is 6.77. The van der Waals surface area contributed by atoms with E-state index in [9.17, 15) is 9.18 Å². The molecule has 2 aromatic carbocycles. The molecule has 26 heavy (non-hydrogen) atoms. The summed E-state index contributed by atoms with van der Waals surface area (Å²) in [5.41, 5.74) is 2.20. The van der Waals surface area contributed by atoms with Crippen LogP contribution in [0.2, 0.25) is 0 Å². The second-order valence-electron chi connectivity index (χ2n) is 5.74. The Bertz CT molecular complexity index is 1040. The molecule has 4 rings (SSSR count). The Morgan fingerprint density at radius 1 is 1.04 bits per heavy atom. The van der Waals surface area contributed by atoms with Crippen molar-refractivity contribution in [2.75, 3.05) is 5.32 Å². The van der Waals surface area contributed by atoms with Gasteiger partial charge in [0.15, 0.2) is 0 Å². The first kappa shape index (κ1) is 16.4. The van der Waals surface area contributed by atoms with E-state index in [1.165, 1.54) is 6.07 Å². The lowest BCUT2D eigenvalue weighted by Crippen LogP contribution is -2.15. The third kappa shape index (κ3) is 3.45. The number of nitrogens with one attached hydrogen (secondary N) is 1. The molecule has 0 fully saturated rings. The number of fused-ring (bicyclic) bond motifs is 1. The predicted octanol–water partition coefficient (Wildman–Crippen LogP) is 4.68. The summed E-state index contributed by atoms with van der Waals surface area (Å²) in [6.07, 6.45) is 1.64. The summed E-state index contributed by atoms with van der Waals surface area (Å²) in [4.78, 5) is 20.9. The van der Waals surface area contributed by atoms with Crippen molar-refractivity contribution in [3.05, 3.63) is 78.2 Å². The molecule has 1 amide bonds. The lowest BCUT2D eigenvalue weighted by Gasteiger charge is -2.06. The number of carbonyl (C=O) groups excluding carboxylic acids is 1. The zero-order valence-corrected chi connectivity index (χ0v) is 14.5. The van der Waals surface area contributed by atoms with Crippen LogP contribution in [0.15, 0.2) is 66.9 Å². The fourth-order valence-electron chi connectivity index (χ4n) is 2.59. The summed E-state index contributed by atoms with van der Waals surface area (Å²) in [5, 5.41) is 3.57. The predicted molar refractivity (Wildman–Crippen MR) is 102 cm³/mol. The number of rotatable bonds is 4. The molecule has 0 bridgehead atoms. The number of amides is 1. The number of anilines is 1. The van der Waals surface area contributed by atoms with Gasteiger partial charge < -0.3 is 5.32 Å². The molecule has 6 heteroatoms. The SMILES string of the molecule is O=C(Cc1ccccc1F)Nc1ccc(-c2nc3ccccc3s2)cn1. The summed E-state index contributed by atoms with van der Waals surface area (Å²) in [6, 6.07) is 17.8. The molecule has 0 aliphatic rings. The van der Waals surface area contributed by atoms with Crippen LogP contribution in [0.1, 0.15) is 5.56 Å². The maximum absolute atomic E-state index is 13.6. The third-order valence-electron chi connectivity index (χ3n) is 3.88. The summed E-state index contributed by atoms with van der Waals surface area (Å²) in [7, 11) is 0. The Hall–Kier alpha value is -3.12. The van der Waals surface area contributed by atoms with E-state index in [4.69, 9.17) is 0 Å². The van der Waals surface area contributed by atoms with Gasteiger partial charge in [0.2, 0.25) is 5.91 Å². The topological polar surface area (TPSA) is 54.9 Å². The molecule has 2 heterocycles. The maximum Gasteiger partial charge on any atom is 0.230 e. The van der Waals surface area contributed by atoms with Crippen molar-refractivity contribution >= 4 is 33.3 Å². The quantitative estimate of drug-likeness (QED) is 0.573. The van der Waals surface area contributed by atoms with Gasteiger partial charge in [0.05, 0.1) is 16.6 Å². The highest BCUT2D eigenvalue weighted by Gasteiger charge is 2.10. The van der Waals surface area contributed by atoms with E-state index in [1.807, 2.05) is 30.3 Å². The largest absolute Gasteiger partial charge is 0.310 e. The maximum atomic E-state index is 13.6. The molecule has 1 N–H and O–H groups in total. The lowest BCUT2D eigenvalue weighted by molar-refractivity contribution is -0.115. The molecule has 0 saturated carbocycles. The van der Waals surface area contributed by atoms with E-state index in [0.29, 0.717) is 11.4 Å². The lowest BCUT2D eigenvalue weighted by atomic mass is 10.1. The van der Waals surface area contributed by atoms with Gasteiger partial charge in [-0.3, -0.25) is 4.79 Å². The molecule has 0 saturated heterocycles. The summed E-state index contributed by atoms with van der Waals surface area (Å²) < 4.78 is 14.7. The van der Waals surface area contributed by atoms with Crippen LogP contribution in [-0.2, 0) is 11.2 Å². The average Bonchev–Trinajstić information content (AvgIpc) is 3.08. The van der Waals surface area contributed by atoms with Crippen molar-refractivity contribution in [2.24, 2.45) is 0 Å². The van der Waals surface area contributed by atoms with Crippen molar-refractivity contribution in [2.45, 2.75) is 6.42 Å². The minimum Gasteiger partial charge on any atom is -0.310 e. The van der Waals surface area contributed by atoms with E-state index >= 15 is 0 Å². The van der Waals surface area contributed by atoms with Gasteiger partial charge >= 0.3 is 0 Å². The minimum atomic E-state index is -0.387. The van der Waals surface area contributed by atoms with Crippen molar-refractivity contribution in [1.29, 1.82) is 0 Å². The Morgan fingerprint density at radius 2 is 1.85 bits per heavy atom. The Balaban J connectivity index is 1.47. The number of hydrogen-bond acceptors (Lipinski definition) is 4. The second kappa shape index (κ2) is 7.01. The van der Waals surface area contributed by atoms with Crippen LogP contribution in [0.4, 0.5) is 10.2 Å². The van der Waals surface area contributed by atoms with E-state index in [0.717, 1.165) is 20.8 Å². The van der Waals surface area contributed by atoms with Crippen LogP contribution in [-0.4, -0.2) is 15.9 Å². The Labute approximate surface area is 153 Å². The first-order valence-electron chi connectivity index (χ1n) is 8.04. The number of halogens is 1. The van der Waals surface area contributed by atoms with Crippen LogP contribution >= 0.6 is 11.3 Å².